The number of hydrogen-bond acceptors (Lipinski definition) is 3. The quantitative estimate of drug-likeness (QED) is 0.527. The van der Waals surface area contributed by atoms with Crippen molar-refractivity contribution >= 4 is 11.8 Å². The molecule has 0 spiro atoms. The summed E-state index contributed by atoms with van der Waals surface area (Å²) in [5.41, 5.74) is -0.589. The van der Waals surface area contributed by atoms with Crippen molar-refractivity contribution < 1.29 is 14.3 Å². The third-order valence-corrected chi connectivity index (χ3v) is 3.24. The summed E-state index contributed by atoms with van der Waals surface area (Å²) in [7, 11) is 0. The van der Waals surface area contributed by atoms with Crippen molar-refractivity contribution in [3.63, 3.8) is 0 Å². The molecule has 1 aliphatic carbocycles. The van der Waals surface area contributed by atoms with E-state index in [9.17, 15) is 9.59 Å². The largest absolute Gasteiger partial charge is 0.466 e. The van der Waals surface area contributed by atoms with Crippen molar-refractivity contribution in [3.8, 4) is 0 Å². The summed E-state index contributed by atoms with van der Waals surface area (Å²) in [5, 5.41) is 0. The van der Waals surface area contributed by atoms with Crippen LogP contribution in [0.25, 0.3) is 0 Å². The SMILES string of the molecule is C=CC1CCC(=O)C1(C)CC(=O)OCC. The predicted octanol–water partition coefficient (Wildman–Crippen LogP) is 2.11. The lowest BCUT2D eigenvalue weighted by Gasteiger charge is -2.26. The van der Waals surface area contributed by atoms with E-state index in [4.69, 9.17) is 4.74 Å². The summed E-state index contributed by atoms with van der Waals surface area (Å²) >= 11 is 0. The summed E-state index contributed by atoms with van der Waals surface area (Å²) in [4.78, 5) is 23.2. The molecule has 0 bridgehead atoms. The number of hydrogen-bond donors (Lipinski definition) is 0. The van der Waals surface area contributed by atoms with E-state index >= 15 is 0 Å². The van der Waals surface area contributed by atoms with E-state index in [1.54, 1.807) is 13.0 Å². The fraction of sp³-hybridized carbons (Fsp3) is 0.667. The summed E-state index contributed by atoms with van der Waals surface area (Å²) in [6, 6.07) is 0. The van der Waals surface area contributed by atoms with Crippen LogP contribution in [-0.4, -0.2) is 18.4 Å². The maximum atomic E-state index is 11.7. The second kappa shape index (κ2) is 4.60. The zero-order valence-corrected chi connectivity index (χ0v) is 9.41. The maximum Gasteiger partial charge on any atom is 0.306 e. The molecule has 0 aromatic rings. The Balaban J connectivity index is 2.74. The summed E-state index contributed by atoms with van der Waals surface area (Å²) in [5.74, 6) is -0.0306. The number of Topliss-reactive ketones (excluding diaryl/α,β-unsaturated/α-hetero) is 1. The van der Waals surface area contributed by atoms with E-state index in [1.165, 1.54) is 0 Å². The molecule has 0 N–H and O–H groups in total. The highest BCUT2D eigenvalue weighted by molar-refractivity contribution is 5.91. The van der Waals surface area contributed by atoms with Crippen LogP contribution in [0.1, 0.15) is 33.1 Å². The number of carbonyl (C=O) groups excluding carboxylic acids is 2. The predicted molar refractivity (Wildman–Crippen MR) is 57.3 cm³/mol. The number of carbonyl (C=O) groups is 2. The Morgan fingerprint density at radius 3 is 2.93 bits per heavy atom. The molecule has 2 unspecified atom stereocenters. The molecule has 0 amide bonds. The van der Waals surface area contributed by atoms with Crippen LogP contribution in [0.2, 0.25) is 0 Å². The molecule has 1 saturated carbocycles. The fourth-order valence-electron chi connectivity index (χ4n) is 2.22. The molecular weight excluding hydrogens is 192 g/mol. The monoisotopic (exact) mass is 210 g/mol. The van der Waals surface area contributed by atoms with E-state index in [1.807, 2.05) is 6.92 Å². The van der Waals surface area contributed by atoms with Crippen molar-refractivity contribution in [1.82, 2.24) is 0 Å². The Hall–Kier alpha value is -1.12. The van der Waals surface area contributed by atoms with Gasteiger partial charge in [0.25, 0.3) is 0 Å². The molecule has 2 atom stereocenters. The van der Waals surface area contributed by atoms with Crippen molar-refractivity contribution in [2.24, 2.45) is 11.3 Å². The minimum absolute atomic E-state index is 0.106. The number of esters is 1. The lowest BCUT2D eigenvalue weighted by atomic mass is 9.76. The van der Waals surface area contributed by atoms with Gasteiger partial charge in [-0.3, -0.25) is 9.59 Å². The Morgan fingerprint density at radius 2 is 2.40 bits per heavy atom. The Bertz CT molecular complexity index is 283. The van der Waals surface area contributed by atoms with Crippen LogP contribution >= 0.6 is 0 Å². The number of ketones is 1. The molecule has 3 nitrogen and oxygen atoms in total. The highest BCUT2D eigenvalue weighted by atomic mass is 16.5. The molecule has 0 heterocycles. The molecule has 1 rings (SSSR count). The van der Waals surface area contributed by atoms with E-state index < -0.39 is 5.41 Å². The molecule has 0 radical (unpaired) electrons. The van der Waals surface area contributed by atoms with Gasteiger partial charge in [-0.1, -0.05) is 13.0 Å². The van der Waals surface area contributed by atoms with Gasteiger partial charge in [0.1, 0.15) is 5.78 Å². The zero-order chi connectivity index (χ0) is 11.5. The van der Waals surface area contributed by atoms with Gasteiger partial charge in [0.15, 0.2) is 0 Å². The Kier molecular flexibility index (Phi) is 3.66. The van der Waals surface area contributed by atoms with Crippen LogP contribution < -0.4 is 0 Å². The van der Waals surface area contributed by atoms with Gasteiger partial charge < -0.3 is 4.74 Å². The first kappa shape index (κ1) is 12.0. The van der Waals surface area contributed by atoms with Crippen molar-refractivity contribution in [2.75, 3.05) is 6.61 Å². The highest BCUT2D eigenvalue weighted by Gasteiger charge is 2.46. The van der Waals surface area contributed by atoms with Crippen LogP contribution in [0, 0.1) is 11.3 Å². The van der Waals surface area contributed by atoms with Crippen molar-refractivity contribution in [2.45, 2.75) is 33.1 Å². The standard InChI is InChI=1S/C12H18O3/c1-4-9-6-7-10(13)12(9,3)8-11(14)15-5-2/h4,9H,1,5-8H2,2-3H3. The van der Waals surface area contributed by atoms with Gasteiger partial charge in [0, 0.05) is 11.8 Å². The number of ether oxygens (including phenoxy) is 1. The molecule has 1 aliphatic rings. The Labute approximate surface area is 90.5 Å². The third-order valence-electron chi connectivity index (χ3n) is 3.24. The Morgan fingerprint density at radius 1 is 1.73 bits per heavy atom. The molecule has 0 saturated heterocycles. The second-order valence-corrected chi connectivity index (χ2v) is 4.20. The van der Waals surface area contributed by atoms with Crippen molar-refractivity contribution in [3.05, 3.63) is 12.7 Å². The molecule has 3 heteroatoms. The first-order chi connectivity index (χ1) is 7.04. The molecule has 0 aromatic carbocycles. The van der Waals surface area contributed by atoms with Crippen LogP contribution in [0.4, 0.5) is 0 Å². The number of allylic oxidation sites excluding steroid dienone is 1. The molecule has 15 heavy (non-hydrogen) atoms. The van der Waals surface area contributed by atoms with Gasteiger partial charge in [-0.2, -0.15) is 0 Å². The van der Waals surface area contributed by atoms with Gasteiger partial charge in [-0.25, -0.2) is 0 Å². The molecule has 0 aromatic heterocycles. The van der Waals surface area contributed by atoms with Gasteiger partial charge in [0.05, 0.1) is 13.0 Å². The van der Waals surface area contributed by atoms with Crippen LogP contribution in [-0.2, 0) is 14.3 Å². The van der Waals surface area contributed by atoms with Crippen molar-refractivity contribution in [1.29, 1.82) is 0 Å². The van der Waals surface area contributed by atoms with E-state index in [0.29, 0.717) is 13.0 Å². The van der Waals surface area contributed by atoms with Crippen LogP contribution in [0.5, 0.6) is 0 Å². The third kappa shape index (κ3) is 2.28. The van der Waals surface area contributed by atoms with Crippen LogP contribution in [0.3, 0.4) is 0 Å². The normalized spacial score (nSPS) is 30.3. The summed E-state index contributed by atoms with van der Waals surface area (Å²) < 4.78 is 4.88. The van der Waals surface area contributed by atoms with E-state index in [-0.39, 0.29) is 24.1 Å². The molecule has 84 valence electrons. The topological polar surface area (TPSA) is 43.4 Å². The average Bonchev–Trinajstić information content (AvgIpc) is 2.43. The minimum Gasteiger partial charge on any atom is -0.466 e. The van der Waals surface area contributed by atoms with Gasteiger partial charge in [-0.05, 0) is 19.3 Å². The lowest BCUT2D eigenvalue weighted by molar-refractivity contribution is -0.148. The maximum absolute atomic E-state index is 11.7. The first-order valence-electron chi connectivity index (χ1n) is 5.36. The molecule has 1 fully saturated rings. The zero-order valence-electron chi connectivity index (χ0n) is 9.41. The minimum atomic E-state index is -0.589. The molecular formula is C12H18O3. The average molecular weight is 210 g/mol. The second-order valence-electron chi connectivity index (χ2n) is 4.20. The highest BCUT2D eigenvalue weighted by Crippen LogP contribution is 2.43. The van der Waals surface area contributed by atoms with Crippen LogP contribution in [0.15, 0.2) is 12.7 Å². The molecule has 0 aliphatic heterocycles. The van der Waals surface area contributed by atoms with E-state index in [2.05, 4.69) is 6.58 Å². The van der Waals surface area contributed by atoms with E-state index in [0.717, 1.165) is 6.42 Å². The lowest BCUT2D eigenvalue weighted by Crippen LogP contribution is -2.31. The summed E-state index contributed by atoms with van der Waals surface area (Å²) in [6.45, 7) is 7.69. The fourth-order valence-corrected chi connectivity index (χ4v) is 2.22. The number of rotatable bonds is 4. The first-order valence-corrected chi connectivity index (χ1v) is 5.36. The summed E-state index contributed by atoms with van der Waals surface area (Å²) in [6.07, 6.45) is 3.31. The van der Waals surface area contributed by atoms with Gasteiger partial charge in [0.2, 0.25) is 0 Å². The van der Waals surface area contributed by atoms with Gasteiger partial charge in [-0.15, -0.1) is 6.58 Å². The smallest absolute Gasteiger partial charge is 0.306 e. The van der Waals surface area contributed by atoms with Gasteiger partial charge >= 0.3 is 5.97 Å².